The van der Waals surface area contributed by atoms with Gasteiger partial charge in [0.1, 0.15) is 17.4 Å². The normalized spacial score (nSPS) is 10.1. The van der Waals surface area contributed by atoms with Crippen molar-refractivity contribution in [2.75, 3.05) is 0 Å². The molecule has 0 saturated carbocycles. The van der Waals surface area contributed by atoms with E-state index in [9.17, 15) is 24.8 Å². The van der Waals surface area contributed by atoms with Crippen LogP contribution in [0.15, 0.2) is 53.4 Å². The zero-order chi connectivity index (χ0) is 21.0. The van der Waals surface area contributed by atoms with Crippen molar-refractivity contribution in [2.45, 2.75) is 0 Å². The Kier molecular flexibility index (Phi) is 5.34. The number of phenols is 1. The summed E-state index contributed by atoms with van der Waals surface area (Å²) >= 11 is 0. The van der Waals surface area contributed by atoms with Crippen molar-refractivity contribution in [1.29, 1.82) is 5.26 Å². The van der Waals surface area contributed by atoms with E-state index in [-0.39, 0.29) is 5.76 Å². The molecule has 1 aromatic carbocycles. The summed E-state index contributed by atoms with van der Waals surface area (Å²) < 4.78 is 9.96. The summed E-state index contributed by atoms with van der Waals surface area (Å²) in [5, 5.41) is 18.9. The maximum atomic E-state index is 12.5. The van der Waals surface area contributed by atoms with Gasteiger partial charge in [-0.1, -0.05) is 0 Å². The number of aromatic nitrogens is 1. The van der Waals surface area contributed by atoms with Crippen LogP contribution in [0.1, 0.15) is 36.8 Å². The molecule has 144 valence electrons. The van der Waals surface area contributed by atoms with Crippen LogP contribution in [0.25, 0.3) is 11.1 Å². The monoisotopic (exact) mass is 392 g/mol. The Balaban J connectivity index is 1.95. The maximum Gasteiger partial charge on any atom is 0.382 e. The fourth-order valence-electron chi connectivity index (χ4n) is 2.59. The van der Waals surface area contributed by atoms with E-state index in [2.05, 4.69) is 4.98 Å². The summed E-state index contributed by atoms with van der Waals surface area (Å²) in [6.07, 6.45) is 4.28. The third-order valence-electron chi connectivity index (χ3n) is 3.90. The number of ether oxygens (including phenoxy) is 1. The van der Waals surface area contributed by atoms with Gasteiger partial charge in [-0.25, -0.2) is 15.4 Å². The van der Waals surface area contributed by atoms with E-state index in [1.807, 2.05) is 0 Å². The second-order valence-electron chi connectivity index (χ2n) is 5.54. The number of aromatic hydroxyl groups is 1. The molecule has 0 bridgehead atoms. The summed E-state index contributed by atoms with van der Waals surface area (Å²) in [6.45, 7) is 0. The largest absolute Gasteiger partial charge is 0.507 e. The van der Waals surface area contributed by atoms with Crippen LogP contribution in [0.4, 0.5) is 0 Å². The van der Waals surface area contributed by atoms with Crippen LogP contribution in [-0.2, 0) is 4.74 Å². The van der Waals surface area contributed by atoms with Gasteiger partial charge in [0.2, 0.25) is 5.76 Å². The van der Waals surface area contributed by atoms with Gasteiger partial charge in [0.25, 0.3) is 5.91 Å². The molecule has 10 nitrogen and oxygen atoms in total. The third kappa shape index (κ3) is 3.66. The fraction of sp³-hybridized carbons (Fsp3) is 0. The number of carbonyl (C=O) groups excluding carboxylic acids is 3. The van der Waals surface area contributed by atoms with Gasteiger partial charge < -0.3 is 14.3 Å². The predicted molar refractivity (Wildman–Crippen MR) is 96.2 cm³/mol. The molecule has 0 radical (unpaired) electrons. The fourth-order valence-corrected chi connectivity index (χ4v) is 2.59. The number of carbonyl (C=O) groups is 3. The average molecular weight is 392 g/mol. The molecule has 2 aromatic heterocycles. The maximum absolute atomic E-state index is 12.5. The van der Waals surface area contributed by atoms with Crippen molar-refractivity contribution < 1.29 is 28.6 Å². The van der Waals surface area contributed by atoms with Crippen molar-refractivity contribution in [2.24, 2.45) is 5.84 Å². The van der Waals surface area contributed by atoms with Crippen molar-refractivity contribution in [3.05, 3.63) is 71.4 Å². The van der Waals surface area contributed by atoms with Crippen LogP contribution in [0, 0.1) is 11.3 Å². The van der Waals surface area contributed by atoms with Gasteiger partial charge in [0, 0.05) is 18.0 Å². The van der Waals surface area contributed by atoms with Gasteiger partial charge in [-0.3, -0.25) is 15.2 Å². The molecule has 0 unspecified atom stereocenters. The molecule has 0 spiro atoms. The summed E-state index contributed by atoms with van der Waals surface area (Å²) in [7, 11) is 0. The molecular weight excluding hydrogens is 380 g/mol. The number of hydrogen-bond acceptors (Lipinski definition) is 9. The van der Waals surface area contributed by atoms with E-state index in [4.69, 9.17) is 15.0 Å². The van der Waals surface area contributed by atoms with Crippen LogP contribution in [0.2, 0.25) is 0 Å². The molecule has 4 N–H and O–H groups in total. The second-order valence-corrected chi connectivity index (χ2v) is 5.54. The molecule has 0 aliphatic heterocycles. The van der Waals surface area contributed by atoms with E-state index in [1.165, 1.54) is 24.7 Å². The number of nitriles is 1. The van der Waals surface area contributed by atoms with Crippen molar-refractivity contribution in [3.8, 4) is 22.9 Å². The minimum Gasteiger partial charge on any atom is -0.507 e. The van der Waals surface area contributed by atoms with Crippen molar-refractivity contribution >= 4 is 17.8 Å². The zero-order valence-electron chi connectivity index (χ0n) is 14.6. The van der Waals surface area contributed by atoms with E-state index in [0.29, 0.717) is 11.1 Å². The van der Waals surface area contributed by atoms with Crippen LogP contribution in [0.5, 0.6) is 5.75 Å². The number of amides is 1. The highest BCUT2D eigenvalue weighted by Gasteiger charge is 2.28. The first-order valence-corrected chi connectivity index (χ1v) is 7.99. The van der Waals surface area contributed by atoms with E-state index in [1.54, 1.807) is 23.6 Å². The molecule has 10 heteroatoms. The lowest BCUT2D eigenvalue weighted by Gasteiger charge is -2.10. The molecule has 3 aromatic rings. The van der Waals surface area contributed by atoms with Gasteiger partial charge in [-0.05, 0) is 35.9 Å². The summed E-state index contributed by atoms with van der Waals surface area (Å²) in [5.41, 5.74) is 1.29. The van der Waals surface area contributed by atoms with Gasteiger partial charge in [-0.15, -0.1) is 0 Å². The van der Waals surface area contributed by atoms with Crippen LogP contribution < -0.4 is 11.3 Å². The van der Waals surface area contributed by atoms with Gasteiger partial charge in [-0.2, -0.15) is 5.26 Å². The molecule has 0 fully saturated rings. The quantitative estimate of drug-likeness (QED) is 0.196. The number of furan rings is 1. The lowest BCUT2D eigenvalue weighted by atomic mass is 10.00. The molecule has 2 heterocycles. The lowest BCUT2D eigenvalue weighted by Crippen LogP contribution is -2.32. The minimum absolute atomic E-state index is 0.242. The molecule has 0 aliphatic rings. The lowest BCUT2D eigenvalue weighted by molar-refractivity contribution is 0.0374. The highest BCUT2D eigenvalue weighted by molar-refractivity contribution is 6.11. The molecule has 1 amide bonds. The number of nitrogens with two attached hydrogens (primary N) is 1. The first-order chi connectivity index (χ1) is 14.0. The predicted octanol–water partition coefficient (Wildman–Crippen LogP) is 1.52. The Morgan fingerprint density at radius 3 is 2.52 bits per heavy atom. The van der Waals surface area contributed by atoms with Crippen molar-refractivity contribution in [1.82, 2.24) is 10.4 Å². The highest BCUT2D eigenvalue weighted by atomic mass is 16.6. The first-order valence-electron chi connectivity index (χ1n) is 7.99. The molecule has 0 aliphatic carbocycles. The summed E-state index contributed by atoms with van der Waals surface area (Å²) in [4.78, 5) is 40.9. The molecular formula is C19H12N4O6. The van der Waals surface area contributed by atoms with E-state index >= 15 is 0 Å². The Morgan fingerprint density at radius 2 is 1.86 bits per heavy atom. The Morgan fingerprint density at radius 1 is 1.14 bits per heavy atom. The van der Waals surface area contributed by atoms with E-state index in [0.717, 1.165) is 12.1 Å². The summed E-state index contributed by atoms with van der Waals surface area (Å²) in [5.74, 6) is 0.928. The second kappa shape index (κ2) is 8.03. The Labute approximate surface area is 163 Å². The SMILES string of the molecule is N#Cc1c(O)ccc(C(=O)OC(=O)c2occc2-c2ccncc2)c1C(=O)NN. The van der Waals surface area contributed by atoms with Gasteiger partial charge in [0.05, 0.1) is 17.4 Å². The van der Waals surface area contributed by atoms with Crippen molar-refractivity contribution in [3.63, 3.8) is 0 Å². The van der Waals surface area contributed by atoms with Crippen LogP contribution in [0.3, 0.4) is 0 Å². The number of rotatable bonds is 4. The standard InChI is InChI=1S/C19H12N4O6/c20-9-13-14(24)2-1-12(15(13)17(25)23-21)18(26)29-19(27)16-11(5-8-28-16)10-3-6-22-7-4-10/h1-8,24H,21H2,(H,23,25). The summed E-state index contributed by atoms with van der Waals surface area (Å²) in [6, 6.07) is 8.42. The van der Waals surface area contributed by atoms with Crippen LogP contribution in [-0.4, -0.2) is 27.9 Å². The number of pyridine rings is 1. The Bertz CT molecular complexity index is 1150. The van der Waals surface area contributed by atoms with Gasteiger partial charge >= 0.3 is 11.9 Å². The topological polar surface area (TPSA) is 169 Å². The number of nitrogen functional groups attached to an aromatic ring is 1. The number of phenolic OH excluding ortho intramolecular Hbond substituents is 1. The molecule has 3 rings (SSSR count). The molecule has 0 saturated heterocycles. The molecule has 29 heavy (non-hydrogen) atoms. The Hall–Kier alpha value is -4.49. The number of hydrazine groups is 1. The number of esters is 2. The average Bonchev–Trinajstić information content (AvgIpc) is 3.23. The van der Waals surface area contributed by atoms with Crippen LogP contribution >= 0.6 is 0 Å². The molecule has 0 atom stereocenters. The zero-order valence-corrected chi connectivity index (χ0v) is 14.6. The smallest absolute Gasteiger partial charge is 0.382 e. The van der Waals surface area contributed by atoms with E-state index < -0.39 is 40.3 Å². The first kappa shape index (κ1) is 19.3. The number of benzene rings is 1. The van der Waals surface area contributed by atoms with Gasteiger partial charge in [0.15, 0.2) is 0 Å². The third-order valence-corrected chi connectivity index (χ3v) is 3.90. The number of nitrogens with zero attached hydrogens (tertiary/aromatic N) is 2. The number of nitrogens with one attached hydrogen (secondary N) is 1. The minimum atomic E-state index is -1.23. The highest BCUT2D eigenvalue weighted by Crippen LogP contribution is 2.27. The number of hydrogen-bond donors (Lipinski definition) is 3.